The van der Waals surface area contributed by atoms with Crippen molar-refractivity contribution in [2.24, 2.45) is 5.10 Å². The molecule has 0 bridgehead atoms. The lowest BCUT2D eigenvalue weighted by Crippen LogP contribution is -2.32. The lowest BCUT2D eigenvalue weighted by Gasteiger charge is -2.12. The molecule has 0 radical (unpaired) electrons. The highest BCUT2D eigenvalue weighted by Gasteiger charge is 2.13. The topological polar surface area (TPSA) is 118 Å². The van der Waals surface area contributed by atoms with Crippen LogP contribution in [-0.4, -0.2) is 37.7 Å². The highest BCUT2D eigenvalue weighted by Crippen LogP contribution is 2.27. The zero-order valence-corrected chi connectivity index (χ0v) is 19.9. The van der Waals surface area contributed by atoms with Gasteiger partial charge in [-0.1, -0.05) is 6.07 Å². The molecule has 0 spiro atoms. The quantitative estimate of drug-likeness (QED) is 0.253. The van der Waals surface area contributed by atoms with Gasteiger partial charge in [-0.2, -0.15) is 5.10 Å². The van der Waals surface area contributed by atoms with E-state index in [4.69, 9.17) is 9.47 Å². The number of nitrogens with one attached hydrogen (secondary N) is 3. The Kier molecular flexibility index (Phi) is 8.71. The summed E-state index contributed by atoms with van der Waals surface area (Å²) in [6.45, 7) is 3.67. The van der Waals surface area contributed by atoms with Gasteiger partial charge in [0.2, 0.25) is 0 Å². The Hall–Kier alpha value is -4.73. The molecule has 0 aliphatic carbocycles. The van der Waals surface area contributed by atoms with Crippen LogP contribution >= 0.6 is 0 Å². The molecule has 3 amide bonds. The Labute approximate surface area is 207 Å². The fourth-order valence-electron chi connectivity index (χ4n) is 3.21. The SMILES string of the molecule is COc1cc(/C=N\NC(=O)C(=O)Nc2ccc(F)cc2)ccc1OCC(=O)Nc1cc(C)cc(C)c1. The van der Waals surface area contributed by atoms with E-state index in [0.717, 1.165) is 23.3 Å². The van der Waals surface area contributed by atoms with Crippen molar-refractivity contribution >= 4 is 35.3 Å². The number of carbonyl (C=O) groups is 3. The van der Waals surface area contributed by atoms with E-state index in [9.17, 15) is 18.8 Å². The zero-order valence-electron chi connectivity index (χ0n) is 19.9. The molecule has 9 nitrogen and oxygen atoms in total. The predicted octanol–water partition coefficient (Wildman–Crippen LogP) is 3.56. The molecule has 3 N–H and O–H groups in total. The average molecular weight is 493 g/mol. The van der Waals surface area contributed by atoms with Gasteiger partial charge in [0, 0.05) is 11.4 Å². The minimum atomic E-state index is -1.00. The van der Waals surface area contributed by atoms with Crippen LogP contribution in [0.15, 0.2) is 65.8 Å². The van der Waals surface area contributed by atoms with E-state index in [1.54, 1.807) is 18.2 Å². The van der Waals surface area contributed by atoms with Gasteiger partial charge in [0.05, 0.1) is 13.3 Å². The minimum absolute atomic E-state index is 0.226. The summed E-state index contributed by atoms with van der Waals surface area (Å²) in [6, 6.07) is 15.5. The largest absolute Gasteiger partial charge is 0.493 e. The normalized spacial score (nSPS) is 10.6. The first-order valence-corrected chi connectivity index (χ1v) is 10.8. The Morgan fingerprint density at radius 3 is 2.22 bits per heavy atom. The molecule has 0 atom stereocenters. The summed E-state index contributed by atoms with van der Waals surface area (Å²) in [5.41, 5.74) is 5.67. The number of carbonyl (C=O) groups excluding carboxylic acids is 3. The highest BCUT2D eigenvalue weighted by atomic mass is 19.1. The van der Waals surface area contributed by atoms with Crippen molar-refractivity contribution in [1.82, 2.24) is 5.43 Å². The number of benzene rings is 3. The van der Waals surface area contributed by atoms with Crippen molar-refractivity contribution < 1.29 is 28.2 Å². The molecular formula is C26H25FN4O5. The van der Waals surface area contributed by atoms with E-state index in [2.05, 4.69) is 21.2 Å². The van der Waals surface area contributed by atoms with Gasteiger partial charge in [-0.05, 0) is 85.1 Å². The van der Waals surface area contributed by atoms with Gasteiger partial charge in [-0.15, -0.1) is 0 Å². The van der Waals surface area contributed by atoms with Crippen LogP contribution < -0.4 is 25.5 Å². The van der Waals surface area contributed by atoms with Crippen LogP contribution in [0, 0.1) is 19.7 Å². The lowest BCUT2D eigenvalue weighted by atomic mass is 10.1. The fraction of sp³-hybridized carbons (Fsp3) is 0.154. The van der Waals surface area contributed by atoms with Crippen molar-refractivity contribution in [2.75, 3.05) is 24.4 Å². The second kappa shape index (κ2) is 12.1. The van der Waals surface area contributed by atoms with Crippen LogP contribution in [0.1, 0.15) is 16.7 Å². The molecule has 10 heteroatoms. The van der Waals surface area contributed by atoms with Gasteiger partial charge in [0.1, 0.15) is 5.82 Å². The number of anilines is 2. The second-order valence-electron chi connectivity index (χ2n) is 7.78. The van der Waals surface area contributed by atoms with Gasteiger partial charge in [0.15, 0.2) is 18.1 Å². The molecule has 0 aliphatic heterocycles. The van der Waals surface area contributed by atoms with Crippen molar-refractivity contribution in [1.29, 1.82) is 0 Å². The Bertz CT molecular complexity index is 1270. The Morgan fingerprint density at radius 1 is 0.861 bits per heavy atom. The number of hydrogen-bond acceptors (Lipinski definition) is 6. The number of aryl methyl sites for hydroxylation is 2. The number of nitrogens with zero attached hydrogens (tertiary/aromatic N) is 1. The molecule has 0 aromatic heterocycles. The van der Waals surface area contributed by atoms with Crippen LogP contribution in [-0.2, 0) is 14.4 Å². The number of amides is 3. The van der Waals surface area contributed by atoms with Crippen molar-refractivity contribution in [3.8, 4) is 11.5 Å². The molecule has 0 aliphatic rings. The molecule has 186 valence electrons. The first-order valence-electron chi connectivity index (χ1n) is 10.8. The number of hydrazone groups is 1. The standard InChI is InChI=1S/C26H25FN4O5/c1-16-10-17(2)12-21(11-16)29-24(32)15-36-22-9-4-18(13-23(22)35-3)14-28-31-26(34)25(33)30-20-7-5-19(27)6-8-20/h4-14H,15H2,1-3H3,(H,29,32)(H,30,33)(H,31,34)/b28-14-. The monoisotopic (exact) mass is 492 g/mol. The second-order valence-corrected chi connectivity index (χ2v) is 7.78. The van der Waals surface area contributed by atoms with E-state index in [-0.39, 0.29) is 18.2 Å². The van der Waals surface area contributed by atoms with Crippen molar-refractivity contribution in [3.63, 3.8) is 0 Å². The Morgan fingerprint density at radius 2 is 1.56 bits per heavy atom. The molecular weight excluding hydrogens is 467 g/mol. The maximum absolute atomic E-state index is 12.9. The number of ether oxygens (including phenoxy) is 2. The van der Waals surface area contributed by atoms with E-state index in [0.29, 0.717) is 22.7 Å². The first-order chi connectivity index (χ1) is 17.2. The third-order valence-electron chi connectivity index (χ3n) is 4.74. The molecule has 3 aromatic carbocycles. The summed E-state index contributed by atoms with van der Waals surface area (Å²) < 4.78 is 23.8. The molecule has 0 heterocycles. The predicted molar refractivity (Wildman–Crippen MR) is 134 cm³/mol. The molecule has 3 aromatic rings. The molecule has 3 rings (SSSR count). The third kappa shape index (κ3) is 7.66. The number of halogens is 1. The lowest BCUT2D eigenvalue weighted by molar-refractivity contribution is -0.136. The number of methoxy groups -OCH3 is 1. The van der Waals surface area contributed by atoms with E-state index in [1.165, 1.54) is 25.5 Å². The minimum Gasteiger partial charge on any atom is -0.493 e. The van der Waals surface area contributed by atoms with Crippen LogP contribution in [0.25, 0.3) is 0 Å². The van der Waals surface area contributed by atoms with Crippen LogP contribution in [0.5, 0.6) is 11.5 Å². The van der Waals surface area contributed by atoms with Gasteiger partial charge >= 0.3 is 11.8 Å². The van der Waals surface area contributed by atoms with Gasteiger partial charge < -0.3 is 20.1 Å². The van der Waals surface area contributed by atoms with E-state index < -0.39 is 17.6 Å². The van der Waals surface area contributed by atoms with Gasteiger partial charge in [-0.25, -0.2) is 9.82 Å². The van der Waals surface area contributed by atoms with Crippen molar-refractivity contribution in [2.45, 2.75) is 13.8 Å². The number of rotatable bonds is 8. The van der Waals surface area contributed by atoms with E-state index in [1.807, 2.05) is 32.0 Å². The Balaban J connectivity index is 1.53. The fourth-order valence-corrected chi connectivity index (χ4v) is 3.21. The van der Waals surface area contributed by atoms with Crippen LogP contribution in [0.3, 0.4) is 0 Å². The molecule has 0 unspecified atom stereocenters. The number of hydrogen-bond donors (Lipinski definition) is 3. The smallest absolute Gasteiger partial charge is 0.329 e. The molecule has 0 saturated heterocycles. The van der Waals surface area contributed by atoms with Crippen LogP contribution in [0.2, 0.25) is 0 Å². The third-order valence-corrected chi connectivity index (χ3v) is 4.74. The molecule has 0 fully saturated rings. The first kappa shape index (κ1) is 25.9. The highest BCUT2D eigenvalue weighted by molar-refractivity contribution is 6.39. The molecule has 36 heavy (non-hydrogen) atoms. The maximum atomic E-state index is 12.9. The van der Waals surface area contributed by atoms with Gasteiger partial charge in [-0.3, -0.25) is 14.4 Å². The summed E-state index contributed by atoms with van der Waals surface area (Å²) in [5, 5.41) is 8.87. The zero-order chi connectivity index (χ0) is 26.1. The molecule has 0 saturated carbocycles. The van der Waals surface area contributed by atoms with E-state index >= 15 is 0 Å². The summed E-state index contributed by atoms with van der Waals surface area (Å²) in [5.74, 6) is -2.06. The summed E-state index contributed by atoms with van der Waals surface area (Å²) in [4.78, 5) is 36.1. The average Bonchev–Trinajstić information content (AvgIpc) is 2.83. The summed E-state index contributed by atoms with van der Waals surface area (Å²) in [6.07, 6.45) is 1.31. The van der Waals surface area contributed by atoms with Crippen molar-refractivity contribution in [3.05, 3.63) is 83.2 Å². The maximum Gasteiger partial charge on any atom is 0.329 e. The van der Waals surface area contributed by atoms with Gasteiger partial charge in [0.25, 0.3) is 5.91 Å². The summed E-state index contributed by atoms with van der Waals surface area (Å²) in [7, 11) is 1.44. The van der Waals surface area contributed by atoms with Crippen LogP contribution in [0.4, 0.5) is 15.8 Å². The summed E-state index contributed by atoms with van der Waals surface area (Å²) >= 11 is 0.